The van der Waals surface area contributed by atoms with Gasteiger partial charge in [0.25, 0.3) is 0 Å². The van der Waals surface area contributed by atoms with Gasteiger partial charge in [-0.3, -0.25) is 4.79 Å². The molecule has 3 aromatic rings. The summed E-state index contributed by atoms with van der Waals surface area (Å²) in [7, 11) is -3.48. The average molecular weight is 444 g/mol. The Labute approximate surface area is 181 Å². The molecule has 1 N–H and O–H groups in total. The molecule has 8 heteroatoms. The third-order valence-electron chi connectivity index (χ3n) is 5.39. The number of nitrogens with one attached hydrogen (secondary N) is 1. The number of rotatable bonds is 7. The lowest BCUT2D eigenvalue weighted by Gasteiger charge is -2.15. The number of sulfonamides is 1. The highest BCUT2D eigenvalue weighted by Crippen LogP contribution is 2.31. The number of hydrogen-bond acceptors (Lipinski definition) is 5. The van der Waals surface area contributed by atoms with Gasteiger partial charge in [-0.15, -0.1) is 0 Å². The predicted molar refractivity (Wildman–Crippen MR) is 120 cm³/mol. The van der Waals surface area contributed by atoms with E-state index in [1.807, 2.05) is 30.3 Å². The van der Waals surface area contributed by atoms with Crippen molar-refractivity contribution in [2.45, 2.75) is 43.4 Å². The van der Waals surface area contributed by atoms with Crippen LogP contribution in [0.5, 0.6) is 0 Å². The van der Waals surface area contributed by atoms with Crippen molar-refractivity contribution < 1.29 is 13.2 Å². The van der Waals surface area contributed by atoms with Crippen LogP contribution in [0.15, 0.2) is 53.4 Å². The molecule has 0 spiro atoms. The van der Waals surface area contributed by atoms with Crippen LogP contribution in [0.3, 0.4) is 0 Å². The summed E-state index contributed by atoms with van der Waals surface area (Å²) in [5.74, 6) is -0.332. The summed E-state index contributed by atoms with van der Waals surface area (Å²) < 4.78 is 27.9. The van der Waals surface area contributed by atoms with Gasteiger partial charge in [0, 0.05) is 13.1 Å². The highest BCUT2D eigenvalue weighted by Gasteiger charge is 2.27. The van der Waals surface area contributed by atoms with Gasteiger partial charge in [0.2, 0.25) is 15.9 Å². The predicted octanol–water partition coefficient (Wildman–Crippen LogP) is 4.60. The molecule has 2 heterocycles. The Hall–Kier alpha value is -2.29. The van der Waals surface area contributed by atoms with Gasteiger partial charge in [-0.2, -0.15) is 4.31 Å². The topological polar surface area (TPSA) is 79.4 Å². The van der Waals surface area contributed by atoms with Gasteiger partial charge in [0.15, 0.2) is 5.13 Å². The van der Waals surface area contributed by atoms with Crippen molar-refractivity contribution in [1.29, 1.82) is 0 Å². The van der Waals surface area contributed by atoms with E-state index in [2.05, 4.69) is 17.2 Å². The summed E-state index contributed by atoms with van der Waals surface area (Å²) in [4.78, 5) is 17.7. The van der Waals surface area contributed by atoms with Crippen molar-refractivity contribution in [3.8, 4) is 0 Å². The number of carbonyl (C=O) groups is 1. The molecule has 1 aliphatic rings. The third kappa shape index (κ3) is 4.26. The summed E-state index contributed by atoms with van der Waals surface area (Å²) in [6.45, 7) is 3.20. The van der Waals surface area contributed by atoms with Crippen LogP contribution in [0.1, 0.15) is 44.1 Å². The van der Waals surface area contributed by atoms with E-state index in [-0.39, 0.29) is 16.7 Å². The molecular formula is C22H25N3O3S2. The summed E-state index contributed by atoms with van der Waals surface area (Å²) in [5.41, 5.74) is 1.67. The molecule has 158 valence electrons. The van der Waals surface area contributed by atoms with E-state index in [0.717, 1.165) is 35.9 Å². The smallest absolute Gasteiger partial charge is 0.243 e. The van der Waals surface area contributed by atoms with E-state index in [4.69, 9.17) is 0 Å². The molecule has 2 aromatic carbocycles. The second-order valence-electron chi connectivity index (χ2n) is 7.50. The maximum atomic E-state index is 12.9. The number of carbonyl (C=O) groups excluding carboxylic acids is 1. The lowest BCUT2D eigenvalue weighted by molar-refractivity contribution is -0.117. The van der Waals surface area contributed by atoms with Gasteiger partial charge in [-0.25, -0.2) is 13.4 Å². The molecule has 1 aliphatic heterocycles. The van der Waals surface area contributed by atoms with Crippen LogP contribution in [0.25, 0.3) is 10.2 Å². The van der Waals surface area contributed by atoms with Gasteiger partial charge >= 0.3 is 0 Å². The number of fused-ring (bicyclic) bond motifs is 1. The Kier molecular flexibility index (Phi) is 6.17. The molecule has 1 amide bonds. The quantitative estimate of drug-likeness (QED) is 0.579. The minimum absolute atomic E-state index is 0.0907. The molecule has 30 heavy (non-hydrogen) atoms. The van der Waals surface area contributed by atoms with Crippen LogP contribution in [0.4, 0.5) is 5.13 Å². The van der Waals surface area contributed by atoms with Crippen LogP contribution < -0.4 is 5.32 Å². The van der Waals surface area contributed by atoms with Gasteiger partial charge < -0.3 is 5.32 Å². The number of hydrogen-bond donors (Lipinski definition) is 1. The fourth-order valence-electron chi connectivity index (χ4n) is 3.81. The first-order valence-corrected chi connectivity index (χ1v) is 12.5. The molecule has 1 saturated heterocycles. The summed E-state index contributed by atoms with van der Waals surface area (Å²) in [6.07, 6.45) is 3.45. The summed E-state index contributed by atoms with van der Waals surface area (Å²) in [6, 6.07) is 14.7. The summed E-state index contributed by atoms with van der Waals surface area (Å²) in [5, 5.41) is 3.43. The highest BCUT2D eigenvalue weighted by atomic mass is 32.2. The SMILES string of the molecule is CCCC(C(=O)Nc1nc2ccc(S(=O)(=O)N3CCCC3)cc2s1)c1ccccc1. The molecule has 0 aliphatic carbocycles. The monoisotopic (exact) mass is 443 g/mol. The van der Waals surface area contributed by atoms with Crippen molar-refractivity contribution in [3.05, 3.63) is 54.1 Å². The minimum atomic E-state index is -3.48. The van der Waals surface area contributed by atoms with Crippen LogP contribution >= 0.6 is 11.3 Å². The molecule has 0 saturated carbocycles. The van der Waals surface area contributed by atoms with Crippen LogP contribution in [0, 0.1) is 0 Å². The van der Waals surface area contributed by atoms with Crippen molar-refractivity contribution in [2.75, 3.05) is 18.4 Å². The Bertz CT molecular complexity index is 1140. The Morgan fingerprint density at radius 2 is 1.90 bits per heavy atom. The lowest BCUT2D eigenvalue weighted by Crippen LogP contribution is -2.27. The zero-order valence-corrected chi connectivity index (χ0v) is 18.5. The van der Waals surface area contributed by atoms with Gasteiger partial charge in [0.1, 0.15) is 0 Å². The first-order valence-electron chi connectivity index (χ1n) is 10.3. The minimum Gasteiger partial charge on any atom is -0.301 e. The molecule has 1 atom stereocenters. The number of aromatic nitrogens is 1. The normalized spacial score (nSPS) is 16.0. The van der Waals surface area contributed by atoms with Crippen molar-refractivity contribution in [3.63, 3.8) is 0 Å². The molecule has 1 aromatic heterocycles. The van der Waals surface area contributed by atoms with Crippen molar-refractivity contribution in [2.24, 2.45) is 0 Å². The molecule has 6 nitrogen and oxygen atoms in total. The fourth-order valence-corrected chi connectivity index (χ4v) is 6.34. The van der Waals surface area contributed by atoms with E-state index in [1.54, 1.807) is 18.2 Å². The highest BCUT2D eigenvalue weighted by molar-refractivity contribution is 7.89. The van der Waals surface area contributed by atoms with Crippen LogP contribution in [-0.4, -0.2) is 36.7 Å². The molecule has 1 fully saturated rings. The number of anilines is 1. The molecule has 0 bridgehead atoms. The van der Waals surface area contributed by atoms with Gasteiger partial charge in [-0.05, 0) is 43.0 Å². The van der Waals surface area contributed by atoms with Gasteiger partial charge in [0.05, 0.1) is 21.0 Å². The zero-order chi connectivity index (χ0) is 21.1. The number of amides is 1. The largest absolute Gasteiger partial charge is 0.301 e. The number of nitrogens with zero attached hydrogens (tertiary/aromatic N) is 2. The lowest BCUT2D eigenvalue weighted by atomic mass is 9.94. The van der Waals surface area contributed by atoms with E-state index in [0.29, 0.717) is 23.7 Å². The first kappa shape index (κ1) is 21.0. The van der Waals surface area contributed by atoms with Crippen LogP contribution in [-0.2, 0) is 14.8 Å². The molecular weight excluding hydrogens is 418 g/mol. The second kappa shape index (κ2) is 8.83. The van der Waals surface area contributed by atoms with E-state index in [1.165, 1.54) is 15.6 Å². The van der Waals surface area contributed by atoms with E-state index < -0.39 is 10.0 Å². The Morgan fingerprint density at radius 1 is 1.17 bits per heavy atom. The molecule has 0 radical (unpaired) electrons. The first-order chi connectivity index (χ1) is 14.5. The third-order valence-corrected chi connectivity index (χ3v) is 8.22. The maximum absolute atomic E-state index is 12.9. The Balaban J connectivity index is 1.57. The van der Waals surface area contributed by atoms with E-state index >= 15 is 0 Å². The van der Waals surface area contributed by atoms with Crippen molar-refractivity contribution >= 4 is 42.6 Å². The second-order valence-corrected chi connectivity index (χ2v) is 10.5. The number of benzene rings is 2. The molecule has 1 unspecified atom stereocenters. The van der Waals surface area contributed by atoms with Crippen molar-refractivity contribution in [1.82, 2.24) is 9.29 Å². The van der Waals surface area contributed by atoms with E-state index in [9.17, 15) is 13.2 Å². The number of thiazole rings is 1. The average Bonchev–Trinajstić information content (AvgIpc) is 3.42. The standard InChI is InChI=1S/C22H25N3O3S2/c1-2-8-18(16-9-4-3-5-10-16)21(26)24-22-23-19-12-11-17(15-20(19)29-22)30(27,28)25-13-6-7-14-25/h3-5,9-12,15,18H,2,6-8,13-14H2,1H3,(H,23,24,26). The maximum Gasteiger partial charge on any atom is 0.243 e. The van der Waals surface area contributed by atoms with Crippen LogP contribution in [0.2, 0.25) is 0 Å². The van der Waals surface area contributed by atoms with Gasteiger partial charge in [-0.1, -0.05) is 55.0 Å². The zero-order valence-electron chi connectivity index (χ0n) is 16.9. The molecule has 4 rings (SSSR count). The fraction of sp³-hybridized carbons (Fsp3) is 0.364. The summed E-state index contributed by atoms with van der Waals surface area (Å²) >= 11 is 1.30. The Morgan fingerprint density at radius 3 is 2.60 bits per heavy atom.